The minimum Gasteiger partial charge on any atom is -0.133 e. The van der Waals surface area contributed by atoms with Crippen LogP contribution in [0.1, 0.15) is 96.8 Å². The SMILES string of the molecule is CCCCCCCCCCCCCCCCO[P+](=O)O. The summed E-state index contributed by atoms with van der Waals surface area (Å²) in [5.41, 5.74) is 0. The smallest absolute Gasteiger partial charge is 0.133 e. The second-order valence-electron chi connectivity index (χ2n) is 5.67. The van der Waals surface area contributed by atoms with Crippen molar-refractivity contribution in [3.63, 3.8) is 0 Å². The van der Waals surface area contributed by atoms with E-state index in [0.29, 0.717) is 6.61 Å². The molecule has 0 rings (SSSR count). The zero-order valence-corrected chi connectivity index (χ0v) is 14.2. The van der Waals surface area contributed by atoms with Crippen molar-refractivity contribution in [1.82, 2.24) is 0 Å². The van der Waals surface area contributed by atoms with Gasteiger partial charge in [-0.15, -0.1) is 9.42 Å². The molecule has 0 bridgehead atoms. The molecular formula is C16H34O3P+. The average molecular weight is 305 g/mol. The van der Waals surface area contributed by atoms with Crippen molar-refractivity contribution in [1.29, 1.82) is 0 Å². The van der Waals surface area contributed by atoms with Gasteiger partial charge in [0.15, 0.2) is 0 Å². The van der Waals surface area contributed by atoms with Gasteiger partial charge in [-0.25, -0.2) is 0 Å². The fraction of sp³-hybridized carbons (Fsp3) is 1.00. The molecule has 0 aliphatic rings. The van der Waals surface area contributed by atoms with E-state index in [2.05, 4.69) is 11.4 Å². The molecule has 4 heteroatoms. The number of unbranched alkanes of at least 4 members (excludes halogenated alkanes) is 13. The number of hydrogen-bond donors (Lipinski definition) is 1. The highest BCUT2D eigenvalue weighted by Crippen LogP contribution is 2.16. The molecule has 120 valence electrons. The van der Waals surface area contributed by atoms with Gasteiger partial charge >= 0.3 is 8.25 Å². The predicted molar refractivity (Wildman–Crippen MR) is 86.1 cm³/mol. The Balaban J connectivity index is 2.94. The van der Waals surface area contributed by atoms with E-state index in [-0.39, 0.29) is 0 Å². The zero-order chi connectivity index (χ0) is 14.9. The van der Waals surface area contributed by atoms with Crippen LogP contribution >= 0.6 is 8.25 Å². The van der Waals surface area contributed by atoms with Crippen molar-refractivity contribution < 1.29 is 14.0 Å². The van der Waals surface area contributed by atoms with Gasteiger partial charge in [-0.3, -0.25) is 0 Å². The molecule has 0 aliphatic carbocycles. The van der Waals surface area contributed by atoms with Crippen molar-refractivity contribution in [2.45, 2.75) is 96.8 Å². The van der Waals surface area contributed by atoms with E-state index < -0.39 is 8.25 Å². The third-order valence-electron chi connectivity index (χ3n) is 3.70. The quantitative estimate of drug-likeness (QED) is 0.275. The summed E-state index contributed by atoms with van der Waals surface area (Å²) in [6, 6.07) is 0. The highest BCUT2D eigenvalue weighted by Gasteiger charge is 2.09. The summed E-state index contributed by atoms with van der Waals surface area (Å²) in [6.45, 7) is 2.69. The van der Waals surface area contributed by atoms with Gasteiger partial charge in [0.2, 0.25) is 0 Å². The van der Waals surface area contributed by atoms with Crippen LogP contribution < -0.4 is 0 Å². The van der Waals surface area contributed by atoms with Gasteiger partial charge in [0.25, 0.3) is 0 Å². The van der Waals surface area contributed by atoms with Crippen LogP contribution in [-0.2, 0) is 9.09 Å². The lowest BCUT2D eigenvalue weighted by atomic mass is 10.0. The van der Waals surface area contributed by atoms with E-state index in [1.165, 1.54) is 77.0 Å². The van der Waals surface area contributed by atoms with Crippen molar-refractivity contribution in [3.8, 4) is 0 Å². The monoisotopic (exact) mass is 305 g/mol. The molecule has 20 heavy (non-hydrogen) atoms. The predicted octanol–water partition coefficient (Wildman–Crippen LogP) is 6.13. The van der Waals surface area contributed by atoms with Gasteiger partial charge in [-0.2, -0.15) is 0 Å². The van der Waals surface area contributed by atoms with Crippen molar-refractivity contribution in [3.05, 3.63) is 0 Å². The first-order valence-electron chi connectivity index (χ1n) is 8.56. The van der Waals surface area contributed by atoms with Crippen molar-refractivity contribution in [2.24, 2.45) is 0 Å². The topological polar surface area (TPSA) is 46.5 Å². The molecular weight excluding hydrogens is 271 g/mol. The van der Waals surface area contributed by atoms with Crippen LogP contribution in [0.15, 0.2) is 0 Å². The molecule has 0 amide bonds. The molecule has 0 heterocycles. The maximum atomic E-state index is 10.3. The van der Waals surface area contributed by atoms with Crippen molar-refractivity contribution in [2.75, 3.05) is 6.61 Å². The summed E-state index contributed by atoms with van der Waals surface area (Å²) < 4.78 is 14.9. The molecule has 0 saturated carbocycles. The first-order valence-corrected chi connectivity index (χ1v) is 9.69. The van der Waals surface area contributed by atoms with Gasteiger partial charge in [-0.05, 0) is 6.42 Å². The molecule has 3 nitrogen and oxygen atoms in total. The van der Waals surface area contributed by atoms with Gasteiger partial charge in [0.1, 0.15) is 6.61 Å². The van der Waals surface area contributed by atoms with Crippen LogP contribution in [0, 0.1) is 0 Å². The Morgan fingerprint density at radius 3 is 1.40 bits per heavy atom. The number of hydrogen-bond acceptors (Lipinski definition) is 2. The molecule has 0 saturated heterocycles. The Hall–Kier alpha value is 0.0200. The Labute approximate surface area is 126 Å². The fourth-order valence-corrected chi connectivity index (χ4v) is 2.72. The van der Waals surface area contributed by atoms with Gasteiger partial charge < -0.3 is 0 Å². The Bertz CT molecular complexity index is 210. The van der Waals surface area contributed by atoms with E-state index >= 15 is 0 Å². The van der Waals surface area contributed by atoms with Gasteiger partial charge in [0, 0.05) is 4.57 Å². The highest BCUT2D eigenvalue weighted by molar-refractivity contribution is 7.32. The lowest BCUT2D eigenvalue weighted by Gasteiger charge is -2.02. The summed E-state index contributed by atoms with van der Waals surface area (Å²) in [5, 5.41) is 0. The molecule has 0 radical (unpaired) electrons. The summed E-state index contributed by atoms with van der Waals surface area (Å²) in [6.07, 6.45) is 18.5. The largest absolute Gasteiger partial charge is 0.694 e. The molecule has 1 unspecified atom stereocenters. The lowest BCUT2D eigenvalue weighted by molar-refractivity contribution is 0.273. The van der Waals surface area contributed by atoms with Crippen LogP contribution in [0.2, 0.25) is 0 Å². The second-order valence-corrected chi connectivity index (χ2v) is 6.40. The van der Waals surface area contributed by atoms with Crippen molar-refractivity contribution >= 4 is 8.25 Å². The molecule has 0 aromatic heterocycles. The molecule has 0 spiro atoms. The summed E-state index contributed by atoms with van der Waals surface area (Å²) >= 11 is 0. The van der Waals surface area contributed by atoms with Gasteiger partial charge in [-0.1, -0.05) is 90.4 Å². The Morgan fingerprint density at radius 2 is 1.05 bits per heavy atom. The first-order chi connectivity index (χ1) is 9.77. The Morgan fingerprint density at radius 1 is 0.700 bits per heavy atom. The van der Waals surface area contributed by atoms with E-state index in [1.54, 1.807) is 0 Å². The maximum Gasteiger partial charge on any atom is 0.694 e. The number of rotatable bonds is 16. The highest BCUT2D eigenvalue weighted by atomic mass is 31.1. The van der Waals surface area contributed by atoms with Crippen LogP contribution in [0.3, 0.4) is 0 Å². The fourth-order valence-electron chi connectivity index (χ4n) is 2.44. The summed E-state index contributed by atoms with van der Waals surface area (Å²) in [4.78, 5) is 8.44. The molecule has 1 atom stereocenters. The van der Waals surface area contributed by atoms with E-state index in [0.717, 1.165) is 12.8 Å². The van der Waals surface area contributed by atoms with Crippen LogP contribution in [0.4, 0.5) is 0 Å². The first kappa shape index (κ1) is 20.0. The van der Waals surface area contributed by atoms with Crippen LogP contribution in [0.25, 0.3) is 0 Å². The second kappa shape index (κ2) is 17.1. The van der Waals surface area contributed by atoms with Gasteiger partial charge in [0.05, 0.1) is 0 Å². The minimum absolute atomic E-state index is 0.420. The molecule has 1 N–H and O–H groups in total. The molecule has 0 aromatic rings. The minimum atomic E-state index is -2.39. The summed E-state index contributed by atoms with van der Waals surface area (Å²) in [5.74, 6) is 0. The molecule has 0 aliphatic heterocycles. The molecule has 0 aromatic carbocycles. The van der Waals surface area contributed by atoms with Crippen LogP contribution in [0.5, 0.6) is 0 Å². The van der Waals surface area contributed by atoms with E-state index in [1.807, 2.05) is 0 Å². The zero-order valence-electron chi connectivity index (χ0n) is 13.3. The summed E-state index contributed by atoms with van der Waals surface area (Å²) in [7, 11) is -2.39. The normalized spacial score (nSPS) is 11.8. The Kier molecular flexibility index (Phi) is 17.1. The maximum absolute atomic E-state index is 10.3. The average Bonchev–Trinajstić information content (AvgIpc) is 2.43. The third-order valence-corrected chi connectivity index (χ3v) is 4.10. The standard InChI is InChI=1S/C16H33O3P/c1-2-3-4-5-6-7-8-9-10-11-12-13-14-15-16-19-20(17)18/h2-16H2,1H3/p+1. The lowest BCUT2D eigenvalue weighted by Crippen LogP contribution is -1.87. The molecule has 0 fully saturated rings. The van der Waals surface area contributed by atoms with Crippen LogP contribution in [-0.4, -0.2) is 11.5 Å². The van der Waals surface area contributed by atoms with E-state index in [4.69, 9.17) is 4.89 Å². The van der Waals surface area contributed by atoms with E-state index in [9.17, 15) is 4.57 Å². The third kappa shape index (κ3) is 18.0.